The van der Waals surface area contributed by atoms with Crippen LogP contribution in [-0.4, -0.2) is 29.8 Å². The molecule has 0 saturated carbocycles. The smallest absolute Gasteiger partial charge is 0.316 e. The molecule has 4 nitrogen and oxygen atoms in total. The molecule has 24 heavy (non-hydrogen) atoms. The lowest BCUT2D eigenvalue weighted by Crippen LogP contribution is -2.42. The monoisotopic (exact) mass is 365 g/mol. The number of fused-ring (bicyclic) bond motifs is 1. The van der Waals surface area contributed by atoms with Crippen LogP contribution in [0.2, 0.25) is 5.02 Å². The van der Waals surface area contributed by atoms with Crippen LogP contribution in [0.25, 0.3) is 10.8 Å². The third-order valence-corrected chi connectivity index (χ3v) is 4.39. The van der Waals surface area contributed by atoms with E-state index in [1.54, 1.807) is 0 Å². The van der Waals surface area contributed by atoms with Gasteiger partial charge in [0.1, 0.15) is 0 Å². The molecule has 2 aromatic carbocycles. The van der Waals surface area contributed by atoms with Gasteiger partial charge in [0.15, 0.2) is 6.61 Å². The van der Waals surface area contributed by atoms with Crippen molar-refractivity contribution >= 4 is 46.0 Å². The van der Waals surface area contributed by atoms with Gasteiger partial charge < -0.3 is 10.1 Å². The Labute approximate surface area is 150 Å². The minimum absolute atomic E-state index is 0.118. The normalized spacial score (nSPS) is 11.3. The molecule has 1 amide bonds. The number of thioether (sulfide) groups is 1. The lowest BCUT2D eigenvalue weighted by atomic mass is 10.1. The van der Waals surface area contributed by atoms with Gasteiger partial charge in [-0.05, 0) is 38.3 Å². The predicted octanol–water partition coefficient (Wildman–Crippen LogP) is 4.04. The van der Waals surface area contributed by atoms with E-state index >= 15 is 0 Å². The van der Waals surface area contributed by atoms with Crippen LogP contribution in [0.3, 0.4) is 0 Å². The highest BCUT2D eigenvalue weighted by molar-refractivity contribution is 8.00. The minimum atomic E-state index is -0.437. The van der Waals surface area contributed by atoms with Gasteiger partial charge in [-0.15, -0.1) is 11.8 Å². The van der Waals surface area contributed by atoms with Gasteiger partial charge in [-0.1, -0.05) is 35.9 Å². The molecule has 0 aromatic heterocycles. The molecule has 6 heteroatoms. The Balaban J connectivity index is 1.92. The second-order valence-electron chi connectivity index (χ2n) is 6.34. The SMILES string of the molecule is CC(C)(C)NC(=O)COC(=O)CSc1cccc2cccc(Cl)c12. The zero-order valence-corrected chi connectivity index (χ0v) is 15.5. The van der Waals surface area contributed by atoms with Crippen molar-refractivity contribution in [3.63, 3.8) is 0 Å². The number of amides is 1. The standard InChI is InChI=1S/C18H20ClNO3S/c1-18(2,3)20-15(21)10-23-16(22)11-24-14-9-5-7-12-6-4-8-13(19)17(12)14/h4-9H,10-11H2,1-3H3,(H,20,21). The van der Waals surface area contributed by atoms with Crippen LogP contribution in [0.4, 0.5) is 0 Å². The summed E-state index contributed by atoms with van der Waals surface area (Å²) in [6.45, 7) is 5.33. The van der Waals surface area contributed by atoms with Crippen molar-refractivity contribution in [2.75, 3.05) is 12.4 Å². The average molecular weight is 366 g/mol. The Bertz CT molecular complexity index is 750. The fourth-order valence-electron chi connectivity index (χ4n) is 2.16. The molecule has 0 spiro atoms. The van der Waals surface area contributed by atoms with Gasteiger partial charge in [0.2, 0.25) is 0 Å². The second kappa shape index (κ2) is 7.90. The lowest BCUT2D eigenvalue weighted by Gasteiger charge is -2.20. The minimum Gasteiger partial charge on any atom is -0.455 e. The number of hydrogen-bond acceptors (Lipinski definition) is 4. The van der Waals surface area contributed by atoms with Gasteiger partial charge in [0.25, 0.3) is 5.91 Å². The van der Waals surface area contributed by atoms with Gasteiger partial charge in [-0.2, -0.15) is 0 Å². The Morgan fingerprint density at radius 1 is 1.17 bits per heavy atom. The van der Waals surface area contributed by atoms with E-state index in [-0.39, 0.29) is 23.8 Å². The molecule has 0 heterocycles. The summed E-state index contributed by atoms with van der Waals surface area (Å²) in [5, 5.41) is 5.33. The van der Waals surface area contributed by atoms with Gasteiger partial charge in [0, 0.05) is 20.8 Å². The maximum Gasteiger partial charge on any atom is 0.316 e. The van der Waals surface area contributed by atoms with Crippen LogP contribution in [0.5, 0.6) is 0 Å². The molecule has 0 bridgehead atoms. The quantitative estimate of drug-likeness (QED) is 0.641. The van der Waals surface area contributed by atoms with E-state index in [9.17, 15) is 9.59 Å². The van der Waals surface area contributed by atoms with Crippen LogP contribution >= 0.6 is 23.4 Å². The van der Waals surface area contributed by atoms with E-state index in [2.05, 4.69) is 5.32 Å². The first-order valence-electron chi connectivity index (χ1n) is 7.53. The first-order chi connectivity index (χ1) is 11.3. The lowest BCUT2D eigenvalue weighted by molar-refractivity contribution is -0.146. The Morgan fingerprint density at radius 3 is 2.50 bits per heavy atom. The number of carbonyl (C=O) groups is 2. The summed E-state index contributed by atoms with van der Waals surface area (Å²) in [6.07, 6.45) is 0. The van der Waals surface area contributed by atoms with Gasteiger partial charge in [-0.25, -0.2) is 0 Å². The third kappa shape index (κ3) is 5.42. The van der Waals surface area contributed by atoms with Crippen LogP contribution in [0.1, 0.15) is 20.8 Å². The van der Waals surface area contributed by atoms with Crippen LogP contribution in [0.15, 0.2) is 41.3 Å². The summed E-state index contributed by atoms with van der Waals surface area (Å²) >= 11 is 7.61. The molecule has 0 fully saturated rings. The Hall–Kier alpha value is -1.72. The summed E-state index contributed by atoms with van der Waals surface area (Å²) in [5.41, 5.74) is -0.349. The molecule has 1 N–H and O–H groups in total. The predicted molar refractivity (Wildman–Crippen MR) is 98.5 cm³/mol. The van der Waals surface area contributed by atoms with Gasteiger partial charge in [0.05, 0.1) is 5.75 Å². The first kappa shape index (κ1) is 18.6. The number of rotatable bonds is 5. The van der Waals surface area contributed by atoms with Crippen molar-refractivity contribution in [2.45, 2.75) is 31.2 Å². The summed E-state index contributed by atoms with van der Waals surface area (Å²) in [7, 11) is 0. The van der Waals surface area contributed by atoms with Crippen molar-refractivity contribution < 1.29 is 14.3 Å². The van der Waals surface area contributed by atoms with E-state index in [1.807, 2.05) is 57.2 Å². The molecular formula is C18H20ClNO3S. The maximum absolute atomic E-state index is 11.9. The fraction of sp³-hybridized carbons (Fsp3) is 0.333. The number of nitrogens with one attached hydrogen (secondary N) is 1. The molecule has 0 unspecified atom stereocenters. The molecule has 0 saturated heterocycles. The summed E-state index contributed by atoms with van der Waals surface area (Å²) in [6, 6.07) is 11.5. The molecule has 128 valence electrons. The molecule has 2 aromatic rings. The van der Waals surface area contributed by atoms with Crippen LogP contribution < -0.4 is 5.32 Å². The van der Waals surface area contributed by atoms with Crippen molar-refractivity contribution in [1.29, 1.82) is 0 Å². The maximum atomic E-state index is 11.9. The molecule has 0 aliphatic carbocycles. The van der Waals surface area contributed by atoms with E-state index < -0.39 is 5.97 Å². The number of hydrogen-bond donors (Lipinski definition) is 1. The number of benzene rings is 2. The molecule has 0 radical (unpaired) electrons. The highest BCUT2D eigenvalue weighted by atomic mass is 35.5. The molecule has 2 rings (SSSR count). The largest absolute Gasteiger partial charge is 0.455 e. The first-order valence-corrected chi connectivity index (χ1v) is 8.89. The molecule has 0 aliphatic heterocycles. The van der Waals surface area contributed by atoms with Crippen LogP contribution in [0, 0.1) is 0 Å². The number of ether oxygens (including phenoxy) is 1. The number of esters is 1. The molecule has 0 atom stereocenters. The van der Waals surface area contributed by atoms with E-state index in [4.69, 9.17) is 16.3 Å². The van der Waals surface area contributed by atoms with Gasteiger partial charge in [-0.3, -0.25) is 9.59 Å². The number of halogens is 1. The van der Waals surface area contributed by atoms with E-state index in [1.165, 1.54) is 11.8 Å². The van der Waals surface area contributed by atoms with Crippen molar-refractivity contribution in [3.05, 3.63) is 41.4 Å². The molecule has 0 aliphatic rings. The number of carbonyl (C=O) groups excluding carboxylic acids is 2. The van der Waals surface area contributed by atoms with Crippen molar-refractivity contribution in [2.24, 2.45) is 0 Å². The summed E-state index contributed by atoms with van der Waals surface area (Å²) in [4.78, 5) is 24.4. The fourth-order valence-corrected chi connectivity index (χ4v) is 3.40. The Kier molecular flexibility index (Phi) is 6.13. The second-order valence-corrected chi connectivity index (χ2v) is 7.77. The Morgan fingerprint density at radius 2 is 1.83 bits per heavy atom. The highest BCUT2D eigenvalue weighted by Crippen LogP contribution is 2.33. The van der Waals surface area contributed by atoms with Crippen LogP contribution in [-0.2, 0) is 14.3 Å². The highest BCUT2D eigenvalue weighted by Gasteiger charge is 2.15. The zero-order valence-electron chi connectivity index (χ0n) is 13.9. The zero-order chi connectivity index (χ0) is 17.7. The van der Waals surface area contributed by atoms with Gasteiger partial charge >= 0.3 is 5.97 Å². The summed E-state index contributed by atoms with van der Waals surface area (Å²) in [5.74, 6) is -0.630. The topological polar surface area (TPSA) is 55.4 Å². The van der Waals surface area contributed by atoms with E-state index in [0.29, 0.717) is 5.02 Å². The summed E-state index contributed by atoms with van der Waals surface area (Å²) < 4.78 is 5.01. The average Bonchev–Trinajstić information content (AvgIpc) is 2.49. The molecular weight excluding hydrogens is 346 g/mol. The van der Waals surface area contributed by atoms with E-state index in [0.717, 1.165) is 15.7 Å². The van der Waals surface area contributed by atoms with Crippen molar-refractivity contribution in [1.82, 2.24) is 5.32 Å². The van der Waals surface area contributed by atoms with Crippen molar-refractivity contribution in [3.8, 4) is 0 Å². The third-order valence-electron chi connectivity index (χ3n) is 3.04.